The number of anilines is 1. The number of amides is 2. The first kappa shape index (κ1) is 23.8. The van der Waals surface area contributed by atoms with Crippen LogP contribution >= 0.6 is 22.9 Å². The lowest BCUT2D eigenvalue weighted by Crippen LogP contribution is -2.25. The van der Waals surface area contributed by atoms with Crippen LogP contribution in [0.2, 0.25) is 5.02 Å². The fraction of sp³-hybridized carbons (Fsp3) is 0.150. The van der Waals surface area contributed by atoms with Crippen molar-refractivity contribution in [2.75, 3.05) is 19.0 Å². The molecule has 0 atom stereocenters. The van der Waals surface area contributed by atoms with Crippen LogP contribution in [0.3, 0.4) is 0 Å². The maximum atomic E-state index is 12.5. The number of rotatable bonds is 8. The van der Waals surface area contributed by atoms with Gasteiger partial charge >= 0.3 is 5.97 Å². The molecule has 0 aliphatic heterocycles. The smallest absolute Gasteiger partial charge is 0.338 e. The van der Waals surface area contributed by atoms with E-state index in [2.05, 4.69) is 25.6 Å². The van der Waals surface area contributed by atoms with E-state index in [1.54, 1.807) is 24.3 Å². The second-order valence-electron chi connectivity index (χ2n) is 6.46. The van der Waals surface area contributed by atoms with Gasteiger partial charge < -0.3 is 10.1 Å². The van der Waals surface area contributed by atoms with Crippen LogP contribution in [0.1, 0.15) is 36.1 Å². The summed E-state index contributed by atoms with van der Waals surface area (Å²) in [6.07, 6.45) is 0.354. The lowest BCUT2D eigenvalue weighted by atomic mass is 10.1. The number of nitro groups is 1. The van der Waals surface area contributed by atoms with Gasteiger partial charge in [-0.05, 0) is 18.2 Å². The Bertz CT molecular complexity index is 1230. The van der Waals surface area contributed by atoms with Crippen molar-refractivity contribution in [2.24, 2.45) is 0 Å². The highest BCUT2D eigenvalue weighted by Gasteiger charge is 2.19. The normalized spacial score (nSPS) is 10.4. The van der Waals surface area contributed by atoms with Gasteiger partial charge in [0.15, 0.2) is 0 Å². The van der Waals surface area contributed by atoms with E-state index in [4.69, 9.17) is 11.6 Å². The largest absolute Gasteiger partial charge is 0.465 e. The number of carbonyl (C=O) groups excluding carboxylic acids is 3. The molecule has 13 heteroatoms. The molecule has 2 N–H and O–H groups in total. The van der Waals surface area contributed by atoms with E-state index in [1.165, 1.54) is 6.07 Å². The topological polar surface area (TPSA) is 153 Å². The van der Waals surface area contributed by atoms with Gasteiger partial charge in [0.2, 0.25) is 5.13 Å². The summed E-state index contributed by atoms with van der Waals surface area (Å²) in [6, 6.07) is 9.88. The second kappa shape index (κ2) is 10.6. The number of carbonyl (C=O) groups is 3. The number of aromatic nitrogens is 2. The minimum Gasteiger partial charge on any atom is -0.465 e. The van der Waals surface area contributed by atoms with Gasteiger partial charge in [0.1, 0.15) is 5.01 Å². The highest BCUT2D eigenvalue weighted by Crippen LogP contribution is 2.21. The van der Waals surface area contributed by atoms with Gasteiger partial charge in [-0.1, -0.05) is 35.1 Å². The summed E-state index contributed by atoms with van der Waals surface area (Å²) in [5.41, 5.74) is -0.333. The van der Waals surface area contributed by atoms with Crippen LogP contribution in [-0.2, 0) is 11.2 Å². The third kappa shape index (κ3) is 6.08. The predicted molar refractivity (Wildman–Crippen MR) is 120 cm³/mol. The highest BCUT2D eigenvalue weighted by molar-refractivity contribution is 7.15. The first-order chi connectivity index (χ1) is 15.8. The van der Waals surface area contributed by atoms with Crippen molar-refractivity contribution in [1.82, 2.24) is 15.5 Å². The van der Waals surface area contributed by atoms with Gasteiger partial charge in [-0.2, -0.15) is 0 Å². The summed E-state index contributed by atoms with van der Waals surface area (Å²) >= 11 is 7.07. The molecule has 1 heterocycles. The van der Waals surface area contributed by atoms with E-state index in [1.807, 2.05) is 0 Å². The zero-order valence-corrected chi connectivity index (χ0v) is 18.6. The summed E-state index contributed by atoms with van der Waals surface area (Å²) in [4.78, 5) is 46.9. The Kier molecular flexibility index (Phi) is 7.64. The predicted octanol–water partition coefficient (Wildman–Crippen LogP) is 3.11. The summed E-state index contributed by atoms with van der Waals surface area (Å²) in [5.74, 6) is -1.85. The third-order valence-electron chi connectivity index (χ3n) is 4.24. The Balaban J connectivity index is 1.62. The van der Waals surface area contributed by atoms with Gasteiger partial charge in [0, 0.05) is 30.7 Å². The molecule has 2 aromatic carbocycles. The van der Waals surface area contributed by atoms with Gasteiger partial charge in [0.05, 0.1) is 28.2 Å². The van der Waals surface area contributed by atoms with Gasteiger partial charge in [0.25, 0.3) is 17.5 Å². The molecule has 33 heavy (non-hydrogen) atoms. The van der Waals surface area contributed by atoms with E-state index in [0.717, 1.165) is 30.6 Å². The zero-order valence-electron chi connectivity index (χ0n) is 17.0. The molecule has 170 valence electrons. The average molecular weight is 490 g/mol. The lowest BCUT2D eigenvalue weighted by molar-refractivity contribution is -0.384. The Morgan fingerprint density at radius 3 is 2.55 bits per heavy atom. The first-order valence-electron chi connectivity index (χ1n) is 9.32. The number of nitro benzene ring substituents is 1. The Morgan fingerprint density at radius 2 is 1.85 bits per heavy atom. The number of non-ortho nitro benzene ring substituents is 1. The molecule has 0 spiro atoms. The Morgan fingerprint density at radius 1 is 1.12 bits per heavy atom. The molecule has 0 saturated carbocycles. The van der Waals surface area contributed by atoms with Crippen molar-refractivity contribution in [1.29, 1.82) is 0 Å². The first-order valence-corrected chi connectivity index (χ1v) is 10.5. The third-order valence-corrected chi connectivity index (χ3v) is 5.47. The molecule has 2 amide bonds. The molecule has 3 rings (SSSR count). The molecule has 0 aliphatic rings. The number of hydrogen-bond acceptors (Lipinski definition) is 9. The summed E-state index contributed by atoms with van der Waals surface area (Å²) in [7, 11) is 1.13. The quantitative estimate of drug-likeness (QED) is 0.278. The van der Waals surface area contributed by atoms with Crippen molar-refractivity contribution in [3.63, 3.8) is 0 Å². The molecule has 0 aliphatic carbocycles. The van der Waals surface area contributed by atoms with Crippen molar-refractivity contribution in [3.05, 3.63) is 79.3 Å². The molecular weight excluding hydrogens is 474 g/mol. The molecule has 11 nitrogen and oxygen atoms in total. The van der Waals surface area contributed by atoms with Crippen LogP contribution in [0.4, 0.5) is 10.8 Å². The minimum atomic E-state index is -0.815. The number of halogens is 1. The van der Waals surface area contributed by atoms with Crippen LogP contribution in [0, 0.1) is 10.1 Å². The molecular formula is C20H16ClN5O6S. The number of benzene rings is 2. The van der Waals surface area contributed by atoms with E-state index in [0.29, 0.717) is 22.0 Å². The molecule has 0 bridgehead atoms. The summed E-state index contributed by atoms with van der Waals surface area (Å²) in [5, 5.41) is 25.2. The fourth-order valence-corrected chi connectivity index (χ4v) is 3.64. The standard InChI is InChI=1S/C20H16ClN5O6S/c1-32-19(29)12-8-11(9-13(10-12)26(30)31)17(27)23-20-25-24-16(33-20)6-7-22-18(28)14-4-2-3-5-15(14)21/h2-5,8-10H,6-7H2,1H3,(H,22,28)(H,23,25,27). The zero-order chi connectivity index (χ0) is 24.0. The fourth-order valence-electron chi connectivity index (χ4n) is 2.68. The van der Waals surface area contributed by atoms with Crippen molar-refractivity contribution < 1.29 is 24.0 Å². The molecule has 1 aromatic heterocycles. The maximum absolute atomic E-state index is 12.5. The maximum Gasteiger partial charge on any atom is 0.338 e. The number of hydrogen-bond donors (Lipinski definition) is 2. The molecule has 0 fully saturated rings. The van der Waals surface area contributed by atoms with Crippen molar-refractivity contribution in [3.8, 4) is 0 Å². The summed E-state index contributed by atoms with van der Waals surface area (Å²) in [6.45, 7) is 0.264. The summed E-state index contributed by atoms with van der Waals surface area (Å²) < 4.78 is 4.57. The Labute approximate surface area is 195 Å². The van der Waals surface area contributed by atoms with Crippen LogP contribution < -0.4 is 10.6 Å². The SMILES string of the molecule is COC(=O)c1cc(C(=O)Nc2nnc(CCNC(=O)c3ccccc3Cl)s2)cc([N+](=O)[O-])c1. The number of esters is 1. The average Bonchev–Trinajstić information content (AvgIpc) is 3.25. The molecule has 0 saturated heterocycles. The number of nitrogens with one attached hydrogen (secondary N) is 2. The highest BCUT2D eigenvalue weighted by atomic mass is 35.5. The number of ether oxygens (including phenoxy) is 1. The van der Waals surface area contributed by atoms with Crippen LogP contribution in [0.5, 0.6) is 0 Å². The number of methoxy groups -OCH3 is 1. The van der Waals surface area contributed by atoms with Gasteiger partial charge in [-0.25, -0.2) is 4.79 Å². The minimum absolute atomic E-state index is 0.117. The molecule has 0 unspecified atom stereocenters. The van der Waals surface area contributed by atoms with Crippen molar-refractivity contribution >= 4 is 51.5 Å². The second-order valence-corrected chi connectivity index (χ2v) is 7.93. The van der Waals surface area contributed by atoms with Gasteiger partial charge in [-0.3, -0.25) is 25.0 Å². The number of nitrogens with zero attached hydrogens (tertiary/aromatic N) is 3. The van der Waals surface area contributed by atoms with Crippen LogP contribution in [0.15, 0.2) is 42.5 Å². The molecule has 3 aromatic rings. The van der Waals surface area contributed by atoms with E-state index < -0.39 is 22.5 Å². The lowest BCUT2D eigenvalue weighted by Gasteiger charge is -2.05. The van der Waals surface area contributed by atoms with Crippen LogP contribution in [-0.4, -0.2) is 46.6 Å². The van der Waals surface area contributed by atoms with Crippen molar-refractivity contribution in [2.45, 2.75) is 6.42 Å². The van der Waals surface area contributed by atoms with E-state index in [-0.39, 0.29) is 28.7 Å². The molecule has 0 radical (unpaired) electrons. The van der Waals surface area contributed by atoms with Gasteiger partial charge in [-0.15, -0.1) is 10.2 Å². The van der Waals surface area contributed by atoms with E-state index >= 15 is 0 Å². The van der Waals surface area contributed by atoms with Crippen LogP contribution in [0.25, 0.3) is 0 Å². The monoisotopic (exact) mass is 489 g/mol. The Hall–Kier alpha value is -3.90. The van der Waals surface area contributed by atoms with E-state index in [9.17, 15) is 24.5 Å².